The summed E-state index contributed by atoms with van der Waals surface area (Å²) in [6, 6.07) is 30.6. The zero-order valence-electron chi connectivity index (χ0n) is 23.9. The standard InChI is InChI=1S/C40H32/c1-22-18-33-37(27-14-7-6-13-26(22)27)29-20-32-30(21-31(29)39(33,2)3)38-28-15-9-12-23-10-8-11-24-16-17-25(36(28)35(23)24)19-34(38)40(32,4)5/h6-11,13-21H,12H2,1-5H3. The van der Waals surface area contributed by atoms with Gasteiger partial charge in [0.2, 0.25) is 0 Å². The molecular weight excluding hydrogens is 480 g/mol. The molecule has 3 aliphatic carbocycles. The maximum atomic E-state index is 2.58. The fourth-order valence-corrected chi connectivity index (χ4v) is 8.48. The largest absolute Gasteiger partial charge is 0.0795 e. The van der Waals surface area contributed by atoms with Crippen molar-refractivity contribution in [1.82, 2.24) is 0 Å². The van der Waals surface area contributed by atoms with Crippen LogP contribution in [0.1, 0.15) is 66.6 Å². The van der Waals surface area contributed by atoms with Crippen LogP contribution in [-0.4, -0.2) is 0 Å². The Morgan fingerprint density at radius 3 is 2.02 bits per heavy atom. The molecule has 0 N–H and O–H groups in total. The van der Waals surface area contributed by atoms with Gasteiger partial charge in [-0.05, 0) is 125 Å². The predicted octanol–water partition coefficient (Wildman–Crippen LogP) is 10.6. The molecule has 6 aromatic rings. The lowest BCUT2D eigenvalue weighted by molar-refractivity contribution is 0.652. The lowest BCUT2D eigenvalue weighted by Gasteiger charge is -2.24. The first-order valence-electron chi connectivity index (χ1n) is 14.7. The highest BCUT2D eigenvalue weighted by atomic mass is 14.5. The van der Waals surface area contributed by atoms with Crippen molar-refractivity contribution in [1.29, 1.82) is 0 Å². The van der Waals surface area contributed by atoms with E-state index in [2.05, 4.69) is 126 Å². The number of hydrogen-bond donors (Lipinski definition) is 0. The van der Waals surface area contributed by atoms with Crippen molar-refractivity contribution in [2.75, 3.05) is 0 Å². The van der Waals surface area contributed by atoms with E-state index in [4.69, 9.17) is 0 Å². The molecule has 0 saturated carbocycles. The number of benzene rings is 6. The third-order valence-corrected chi connectivity index (χ3v) is 10.5. The highest BCUT2D eigenvalue weighted by molar-refractivity contribution is 6.17. The molecular formula is C40H32. The molecule has 0 aromatic heterocycles. The Balaban J connectivity index is 1.42. The molecule has 6 aromatic carbocycles. The van der Waals surface area contributed by atoms with Gasteiger partial charge in [0.25, 0.3) is 0 Å². The summed E-state index contributed by atoms with van der Waals surface area (Å²) in [7, 11) is 0. The zero-order valence-corrected chi connectivity index (χ0v) is 23.9. The molecule has 0 nitrogen and oxygen atoms in total. The SMILES string of the molecule is Cc1cc2c(c3ccccc13)-c1cc3c(cc1C2(C)C)-c1c(cc2ccc4cccc5c4c2c1C=CC5)C3(C)C. The van der Waals surface area contributed by atoms with Gasteiger partial charge in [-0.2, -0.15) is 0 Å². The monoisotopic (exact) mass is 512 g/mol. The van der Waals surface area contributed by atoms with Crippen molar-refractivity contribution >= 4 is 38.4 Å². The summed E-state index contributed by atoms with van der Waals surface area (Å²) in [6.07, 6.45) is 5.79. The van der Waals surface area contributed by atoms with Crippen LogP contribution < -0.4 is 0 Å². The molecule has 0 atom stereocenters. The minimum absolute atomic E-state index is 0.0535. The van der Waals surface area contributed by atoms with Gasteiger partial charge < -0.3 is 0 Å². The summed E-state index contributed by atoms with van der Waals surface area (Å²) in [5, 5.41) is 8.32. The summed E-state index contributed by atoms with van der Waals surface area (Å²) in [4.78, 5) is 0. The van der Waals surface area contributed by atoms with Gasteiger partial charge in [0.1, 0.15) is 0 Å². The number of allylic oxidation sites excluding steroid dienone is 1. The topological polar surface area (TPSA) is 0 Å². The van der Waals surface area contributed by atoms with Crippen LogP contribution in [0.5, 0.6) is 0 Å². The smallest absolute Gasteiger partial charge is 0.0159 e. The van der Waals surface area contributed by atoms with Crippen molar-refractivity contribution in [3.63, 3.8) is 0 Å². The van der Waals surface area contributed by atoms with Crippen molar-refractivity contribution in [3.05, 3.63) is 124 Å². The minimum atomic E-state index is -0.0770. The lowest BCUT2D eigenvalue weighted by Crippen LogP contribution is -2.17. The Labute approximate surface area is 236 Å². The van der Waals surface area contributed by atoms with Crippen molar-refractivity contribution < 1.29 is 0 Å². The Hall–Kier alpha value is -4.16. The highest BCUT2D eigenvalue weighted by Crippen LogP contribution is 2.59. The van der Waals surface area contributed by atoms with Crippen LogP contribution in [-0.2, 0) is 17.3 Å². The quantitative estimate of drug-likeness (QED) is 0.178. The third-order valence-electron chi connectivity index (χ3n) is 10.5. The molecule has 192 valence electrons. The molecule has 40 heavy (non-hydrogen) atoms. The Morgan fingerprint density at radius 1 is 0.575 bits per heavy atom. The van der Waals surface area contributed by atoms with E-state index >= 15 is 0 Å². The van der Waals surface area contributed by atoms with Crippen molar-refractivity contribution in [2.45, 2.75) is 51.9 Å². The van der Waals surface area contributed by atoms with E-state index < -0.39 is 0 Å². The predicted molar refractivity (Wildman–Crippen MR) is 172 cm³/mol. The molecule has 0 aliphatic heterocycles. The van der Waals surface area contributed by atoms with E-state index in [0.717, 1.165) is 6.42 Å². The third kappa shape index (κ3) is 2.54. The van der Waals surface area contributed by atoms with Gasteiger partial charge in [-0.1, -0.05) is 101 Å². The first-order valence-corrected chi connectivity index (χ1v) is 14.7. The van der Waals surface area contributed by atoms with E-state index in [1.165, 1.54) is 93.5 Å². The summed E-state index contributed by atoms with van der Waals surface area (Å²) in [5.74, 6) is 0. The number of aryl methyl sites for hydroxylation is 1. The Bertz CT molecular complexity index is 2180. The van der Waals surface area contributed by atoms with E-state index in [1.54, 1.807) is 0 Å². The molecule has 0 amide bonds. The maximum Gasteiger partial charge on any atom is 0.0159 e. The van der Waals surface area contributed by atoms with Crippen LogP contribution >= 0.6 is 0 Å². The second-order valence-electron chi connectivity index (χ2n) is 13.4. The summed E-state index contributed by atoms with van der Waals surface area (Å²) in [5.41, 5.74) is 15.7. The van der Waals surface area contributed by atoms with E-state index in [9.17, 15) is 0 Å². The van der Waals surface area contributed by atoms with Crippen LogP contribution in [0.15, 0.2) is 84.9 Å². The molecule has 0 heterocycles. The van der Waals surface area contributed by atoms with Gasteiger partial charge in [-0.25, -0.2) is 0 Å². The van der Waals surface area contributed by atoms with Crippen molar-refractivity contribution in [3.8, 4) is 22.3 Å². The van der Waals surface area contributed by atoms with Crippen LogP contribution in [0.3, 0.4) is 0 Å². The molecule has 3 aliphatic rings. The second-order valence-corrected chi connectivity index (χ2v) is 13.4. The normalized spacial score (nSPS) is 16.8. The first kappa shape index (κ1) is 22.6. The minimum Gasteiger partial charge on any atom is -0.0795 e. The fourth-order valence-electron chi connectivity index (χ4n) is 8.48. The molecule has 0 spiro atoms. The maximum absolute atomic E-state index is 2.58. The number of hydrogen-bond acceptors (Lipinski definition) is 0. The molecule has 9 rings (SSSR count). The number of rotatable bonds is 0. The average Bonchev–Trinajstić information content (AvgIpc) is 3.18. The number of fused-ring (bicyclic) bond motifs is 9. The molecule has 0 bridgehead atoms. The van der Waals surface area contributed by atoms with Crippen LogP contribution in [0.2, 0.25) is 0 Å². The Kier molecular flexibility index (Phi) is 4.03. The zero-order chi connectivity index (χ0) is 27.1. The van der Waals surface area contributed by atoms with E-state index in [1.807, 2.05) is 0 Å². The molecule has 0 heteroatoms. The Morgan fingerprint density at radius 2 is 1.25 bits per heavy atom. The van der Waals surface area contributed by atoms with Crippen molar-refractivity contribution in [2.24, 2.45) is 0 Å². The average molecular weight is 513 g/mol. The summed E-state index contributed by atoms with van der Waals surface area (Å²) >= 11 is 0. The highest BCUT2D eigenvalue weighted by Gasteiger charge is 2.43. The van der Waals surface area contributed by atoms with Gasteiger partial charge >= 0.3 is 0 Å². The van der Waals surface area contributed by atoms with Crippen LogP contribution in [0.4, 0.5) is 0 Å². The van der Waals surface area contributed by atoms with Crippen LogP contribution in [0, 0.1) is 6.92 Å². The summed E-state index contributed by atoms with van der Waals surface area (Å²) in [6.45, 7) is 12.0. The summed E-state index contributed by atoms with van der Waals surface area (Å²) < 4.78 is 0. The van der Waals surface area contributed by atoms with Gasteiger partial charge in [0, 0.05) is 10.8 Å². The van der Waals surface area contributed by atoms with Gasteiger partial charge in [-0.3, -0.25) is 0 Å². The first-order chi connectivity index (χ1) is 19.3. The van der Waals surface area contributed by atoms with Gasteiger partial charge in [-0.15, -0.1) is 0 Å². The molecule has 0 radical (unpaired) electrons. The molecule has 0 fully saturated rings. The second kappa shape index (κ2) is 7.12. The van der Waals surface area contributed by atoms with E-state index in [-0.39, 0.29) is 10.8 Å². The lowest BCUT2D eigenvalue weighted by atomic mass is 9.79. The van der Waals surface area contributed by atoms with E-state index in [0.29, 0.717) is 0 Å². The molecule has 0 unspecified atom stereocenters. The molecule has 0 saturated heterocycles. The van der Waals surface area contributed by atoms with Crippen LogP contribution in [0.25, 0.3) is 60.6 Å². The van der Waals surface area contributed by atoms with Gasteiger partial charge in [0.05, 0.1) is 0 Å². The fraction of sp³-hybridized carbons (Fsp3) is 0.200. The van der Waals surface area contributed by atoms with Gasteiger partial charge in [0.15, 0.2) is 0 Å².